The van der Waals surface area contributed by atoms with Crippen molar-refractivity contribution in [2.45, 2.75) is 71.4 Å². The van der Waals surface area contributed by atoms with Crippen LogP contribution < -0.4 is 5.73 Å². The number of aromatic nitrogens is 1. The van der Waals surface area contributed by atoms with Gasteiger partial charge in [0.1, 0.15) is 0 Å². The molecule has 0 aliphatic heterocycles. The van der Waals surface area contributed by atoms with E-state index in [2.05, 4.69) is 41.8 Å². The lowest BCUT2D eigenvalue weighted by Gasteiger charge is -2.09. The second kappa shape index (κ2) is 8.89. The Hall–Kier alpha value is -1.28. The van der Waals surface area contributed by atoms with Crippen LogP contribution in [0.2, 0.25) is 0 Å². The number of benzene rings is 1. The van der Waals surface area contributed by atoms with Gasteiger partial charge in [-0.3, -0.25) is 0 Å². The lowest BCUT2D eigenvalue weighted by molar-refractivity contribution is 0.543. The molecule has 2 nitrogen and oxygen atoms in total. The van der Waals surface area contributed by atoms with E-state index >= 15 is 0 Å². The second-order valence-electron chi connectivity index (χ2n) is 6.03. The lowest BCUT2D eigenvalue weighted by atomic mass is 10.1. The van der Waals surface area contributed by atoms with Gasteiger partial charge >= 0.3 is 0 Å². The maximum atomic E-state index is 5.89. The van der Waals surface area contributed by atoms with Crippen molar-refractivity contribution in [2.24, 2.45) is 5.73 Å². The van der Waals surface area contributed by atoms with Crippen LogP contribution in [0.5, 0.6) is 0 Å². The van der Waals surface area contributed by atoms with Crippen LogP contribution in [-0.4, -0.2) is 4.57 Å². The Morgan fingerprint density at radius 2 is 1.57 bits per heavy atom. The first-order valence-electron chi connectivity index (χ1n) is 8.64. The summed E-state index contributed by atoms with van der Waals surface area (Å²) in [5, 5.41) is 1.32. The molecule has 1 heterocycles. The first kappa shape index (κ1) is 16.1. The summed E-state index contributed by atoms with van der Waals surface area (Å²) in [7, 11) is 0. The molecule has 116 valence electrons. The number of rotatable bonds is 10. The second-order valence-corrected chi connectivity index (χ2v) is 6.03. The Bertz CT molecular complexity index is 527. The molecule has 0 atom stereocenters. The highest BCUT2D eigenvalue weighted by Crippen LogP contribution is 2.20. The van der Waals surface area contributed by atoms with E-state index in [4.69, 9.17) is 5.73 Å². The van der Waals surface area contributed by atoms with Gasteiger partial charge < -0.3 is 10.3 Å². The Labute approximate surface area is 129 Å². The van der Waals surface area contributed by atoms with Crippen molar-refractivity contribution in [1.82, 2.24) is 4.57 Å². The van der Waals surface area contributed by atoms with Crippen molar-refractivity contribution >= 4 is 10.9 Å². The third-order valence-electron chi connectivity index (χ3n) is 4.34. The van der Waals surface area contributed by atoms with Gasteiger partial charge in [-0.2, -0.15) is 0 Å². The van der Waals surface area contributed by atoms with E-state index < -0.39 is 0 Å². The Balaban J connectivity index is 1.78. The van der Waals surface area contributed by atoms with Gasteiger partial charge in [-0.05, 0) is 23.9 Å². The van der Waals surface area contributed by atoms with Gasteiger partial charge in [0.2, 0.25) is 0 Å². The smallest absolute Gasteiger partial charge is 0.0482 e. The van der Waals surface area contributed by atoms with Gasteiger partial charge in [0.15, 0.2) is 0 Å². The number of unbranched alkanes of at least 4 members (excludes halogenated alkanes) is 7. The van der Waals surface area contributed by atoms with Crippen LogP contribution in [0.4, 0.5) is 0 Å². The third-order valence-corrected chi connectivity index (χ3v) is 4.34. The minimum atomic E-state index is 0.631. The molecule has 0 amide bonds. The number of fused-ring (bicyclic) bond motifs is 1. The molecule has 0 aliphatic rings. The van der Waals surface area contributed by atoms with Crippen LogP contribution in [0, 0.1) is 0 Å². The zero-order chi connectivity index (χ0) is 14.9. The van der Waals surface area contributed by atoms with E-state index in [9.17, 15) is 0 Å². The maximum Gasteiger partial charge on any atom is 0.0482 e. The van der Waals surface area contributed by atoms with E-state index in [-0.39, 0.29) is 0 Å². The minimum Gasteiger partial charge on any atom is -0.343 e. The zero-order valence-electron chi connectivity index (χ0n) is 13.5. The quantitative estimate of drug-likeness (QED) is 0.595. The molecule has 2 aromatic rings. The monoisotopic (exact) mass is 286 g/mol. The van der Waals surface area contributed by atoms with Crippen molar-refractivity contribution < 1.29 is 0 Å². The summed E-state index contributed by atoms with van der Waals surface area (Å²) < 4.78 is 2.41. The predicted molar refractivity (Wildman–Crippen MR) is 92.4 cm³/mol. The number of para-hydroxylation sites is 1. The van der Waals surface area contributed by atoms with E-state index in [1.807, 2.05) is 0 Å². The van der Waals surface area contributed by atoms with Crippen LogP contribution in [0.15, 0.2) is 30.3 Å². The SMILES string of the molecule is CCCCCCCCCCn1c(CN)cc2ccccc21. The van der Waals surface area contributed by atoms with Gasteiger partial charge in [0.05, 0.1) is 0 Å². The van der Waals surface area contributed by atoms with Gasteiger partial charge in [0.25, 0.3) is 0 Å². The van der Waals surface area contributed by atoms with Crippen molar-refractivity contribution in [3.05, 3.63) is 36.0 Å². The number of nitrogens with zero attached hydrogens (tertiary/aromatic N) is 1. The summed E-state index contributed by atoms with van der Waals surface area (Å²) >= 11 is 0. The normalized spacial score (nSPS) is 11.3. The summed E-state index contributed by atoms with van der Waals surface area (Å²) in [4.78, 5) is 0. The number of aryl methyl sites for hydroxylation is 1. The Kier molecular flexibility index (Phi) is 6.81. The molecule has 1 aromatic carbocycles. The minimum absolute atomic E-state index is 0.631. The van der Waals surface area contributed by atoms with Crippen LogP contribution in [-0.2, 0) is 13.1 Å². The van der Waals surface area contributed by atoms with Crippen LogP contribution in [0.3, 0.4) is 0 Å². The fourth-order valence-electron chi connectivity index (χ4n) is 3.10. The zero-order valence-corrected chi connectivity index (χ0v) is 13.5. The molecule has 2 rings (SSSR count). The van der Waals surface area contributed by atoms with E-state index in [1.165, 1.54) is 68.0 Å². The molecule has 0 radical (unpaired) electrons. The summed E-state index contributed by atoms with van der Waals surface area (Å²) in [6, 6.07) is 10.8. The average molecular weight is 286 g/mol. The van der Waals surface area contributed by atoms with Gasteiger partial charge in [-0.25, -0.2) is 0 Å². The van der Waals surface area contributed by atoms with Crippen molar-refractivity contribution in [3.8, 4) is 0 Å². The topological polar surface area (TPSA) is 30.9 Å². The Morgan fingerprint density at radius 3 is 2.29 bits per heavy atom. The molecule has 21 heavy (non-hydrogen) atoms. The van der Waals surface area contributed by atoms with E-state index in [0.717, 1.165) is 6.54 Å². The predicted octanol–water partition coefficient (Wildman–Crippen LogP) is 5.24. The first-order chi connectivity index (χ1) is 10.4. The standard InChI is InChI=1S/C19H30N2/c1-2-3-4-5-6-7-8-11-14-21-18(16-20)15-17-12-9-10-13-19(17)21/h9-10,12-13,15H,2-8,11,14,16,20H2,1H3. The summed E-state index contributed by atoms with van der Waals surface area (Å²) in [6.45, 7) is 4.01. The van der Waals surface area contributed by atoms with E-state index in [0.29, 0.717) is 6.54 Å². The largest absolute Gasteiger partial charge is 0.343 e. The molecule has 2 heteroatoms. The van der Waals surface area contributed by atoms with Gasteiger partial charge in [0, 0.05) is 24.3 Å². The first-order valence-corrected chi connectivity index (χ1v) is 8.64. The highest BCUT2D eigenvalue weighted by atomic mass is 15.0. The van der Waals surface area contributed by atoms with E-state index in [1.54, 1.807) is 0 Å². The molecule has 1 aromatic heterocycles. The molecule has 0 bridgehead atoms. The average Bonchev–Trinajstić information content (AvgIpc) is 2.88. The molecule has 0 unspecified atom stereocenters. The van der Waals surface area contributed by atoms with Crippen molar-refractivity contribution in [1.29, 1.82) is 0 Å². The molecule has 0 fully saturated rings. The third kappa shape index (κ3) is 4.60. The molecule has 0 spiro atoms. The number of hydrogen-bond acceptors (Lipinski definition) is 1. The highest BCUT2D eigenvalue weighted by Gasteiger charge is 2.06. The molecule has 0 aliphatic carbocycles. The lowest BCUT2D eigenvalue weighted by Crippen LogP contribution is -2.07. The van der Waals surface area contributed by atoms with Crippen LogP contribution in [0.25, 0.3) is 10.9 Å². The molecule has 0 saturated carbocycles. The van der Waals surface area contributed by atoms with Crippen molar-refractivity contribution in [2.75, 3.05) is 0 Å². The summed E-state index contributed by atoms with van der Waals surface area (Å²) in [6.07, 6.45) is 10.9. The fraction of sp³-hybridized carbons (Fsp3) is 0.579. The molecule has 2 N–H and O–H groups in total. The number of nitrogens with two attached hydrogens (primary N) is 1. The van der Waals surface area contributed by atoms with Crippen LogP contribution >= 0.6 is 0 Å². The summed E-state index contributed by atoms with van der Waals surface area (Å²) in [5.74, 6) is 0. The molecule has 0 saturated heterocycles. The van der Waals surface area contributed by atoms with Gasteiger partial charge in [-0.15, -0.1) is 0 Å². The van der Waals surface area contributed by atoms with Crippen molar-refractivity contribution in [3.63, 3.8) is 0 Å². The fourth-order valence-corrected chi connectivity index (χ4v) is 3.10. The summed E-state index contributed by atoms with van der Waals surface area (Å²) in [5.41, 5.74) is 8.49. The molecular weight excluding hydrogens is 256 g/mol. The Morgan fingerprint density at radius 1 is 0.905 bits per heavy atom. The van der Waals surface area contributed by atoms with Gasteiger partial charge in [-0.1, -0.05) is 70.1 Å². The number of hydrogen-bond donors (Lipinski definition) is 1. The highest BCUT2D eigenvalue weighted by molar-refractivity contribution is 5.81. The molecular formula is C19H30N2. The maximum absolute atomic E-state index is 5.89. The van der Waals surface area contributed by atoms with Crippen LogP contribution in [0.1, 0.15) is 64.0 Å².